The Kier molecular flexibility index (Phi) is 4.97. The Bertz CT molecular complexity index is 899. The van der Waals surface area contributed by atoms with Crippen LogP contribution in [0.15, 0.2) is 35.8 Å². The second-order valence-electron chi connectivity index (χ2n) is 5.81. The first-order chi connectivity index (χ1) is 12.2. The molecular weight excluding hydrogens is 369 g/mol. The van der Waals surface area contributed by atoms with Crippen LogP contribution in [0.25, 0.3) is 0 Å². The fourth-order valence-corrected chi connectivity index (χ4v) is 3.51. The summed E-state index contributed by atoms with van der Waals surface area (Å²) in [5, 5.41) is 20.2. The van der Waals surface area contributed by atoms with Gasteiger partial charge in [0, 0.05) is 6.20 Å². The van der Waals surface area contributed by atoms with E-state index in [9.17, 15) is 24.5 Å². The number of aryl methyl sites for hydroxylation is 1. The number of aliphatic hydroxyl groups is 2. The molecule has 3 heterocycles. The van der Waals surface area contributed by atoms with Crippen molar-refractivity contribution in [1.29, 1.82) is 0 Å². The highest BCUT2D eigenvalue weighted by molar-refractivity contribution is 7.49. The number of aliphatic hydroxyl groups excluding tert-OH is 2. The largest absolute Gasteiger partial charge is 0.742 e. The van der Waals surface area contributed by atoms with Crippen LogP contribution in [0.2, 0.25) is 0 Å². The van der Waals surface area contributed by atoms with Gasteiger partial charge in [0.25, 0.3) is 0 Å². The maximum absolute atomic E-state index is 12.1. The van der Waals surface area contributed by atoms with Gasteiger partial charge in [0.2, 0.25) is 6.33 Å². The van der Waals surface area contributed by atoms with Crippen molar-refractivity contribution in [2.45, 2.75) is 24.5 Å². The lowest BCUT2D eigenvalue weighted by Gasteiger charge is -2.21. The van der Waals surface area contributed by atoms with Crippen molar-refractivity contribution in [3.63, 3.8) is 0 Å². The van der Waals surface area contributed by atoms with Gasteiger partial charge in [-0.15, -0.1) is 0 Å². The predicted molar refractivity (Wildman–Crippen MR) is 83.4 cm³/mol. The molecule has 0 saturated carbocycles. The van der Waals surface area contributed by atoms with E-state index in [2.05, 4.69) is 4.98 Å². The van der Waals surface area contributed by atoms with Crippen LogP contribution in [0.5, 0.6) is 0 Å². The third kappa shape index (κ3) is 3.56. The smallest absolute Gasteiger partial charge is 0.351 e. The fraction of sp³-hybridized carbons (Fsp3) is 0.462. The minimum atomic E-state index is -4.45. The van der Waals surface area contributed by atoms with E-state index >= 15 is 0 Å². The van der Waals surface area contributed by atoms with Crippen LogP contribution in [0.1, 0.15) is 6.23 Å². The molecule has 5 atom stereocenters. The van der Waals surface area contributed by atoms with Gasteiger partial charge in [0.1, 0.15) is 36.5 Å². The molecule has 3 rings (SSSR count). The van der Waals surface area contributed by atoms with Gasteiger partial charge < -0.3 is 30.1 Å². The average molecular weight is 387 g/mol. The van der Waals surface area contributed by atoms with Crippen LogP contribution in [-0.4, -0.2) is 49.0 Å². The van der Waals surface area contributed by atoms with E-state index in [1.165, 1.54) is 35.6 Å². The zero-order chi connectivity index (χ0) is 19.1. The summed E-state index contributed by atoms with van der Waals surface area (Å²) in [5.41, 5.74) is 4.62. The Morgan fingerprint density at radius 2 is 2.19 bits per heavy atom. The van der Waals surface area contributed by atoms with E-state index in [0.717, 1.165) is 8.90 Å². The topological polar surface area (TPSA) is 169 Å². The Labute approximate surface area is 147 Å². The van der Waals surface area contributed by atoms with Gasteiger partial charge in [-0.3, -0.25) is 9.13 Å². The first kappa shape index (κ1) is 18.7. The van der Waals surface area contributed by atoms with Crippen LogP contribution >= 0.6 is 7.75 Å². The minimum absolute atomic E-state index is 0.00801. The molecule has 12 nitrogen and oxygen atoms in total. The number of hydrogen-bond donors (Lipinski definition) is 3. The summed E-state index contributed by atoms with van der Waals surface area (Å²) in [6.45, 7) is -0.547. The van der Waals surface area contributed by atoms with Crippen molar-refractivity contribution in [3.8, 4) is 0 Å². The van der Waals surface area contributed by atoms with Crippen molar-refractivity contribution in [3.05, 3.63) is 41.5 Å². The summed E-state index contributed by atoms with van der Waals surface area (Å²) in [5.74, 6) is -0.00801. The Morgan fingerprint density at radius 1 is 1.46 bits per heavy atom. The first-order valence-corrected chi connectivity index (χ1v) is 9.04. The van der Waals surface area contributed by atoms with E-state index in [1.807, 2.05) is 0 Å². The molecule has 0 bridgehead atoms. The van der Waals surface area contributed by atoms with Crippen molar-refractivity contribution >= 4 is 13.6 Å². The monoisotopic (exact) mass is 387 g/mol. The van der Waals surface area contributed by atoms with E-state index in [4.69, 9.17) is 15.0 Å². The quantitative estimate of drug-likeness (QED) is 0.360. The molecule has 1 aliphatic rings. The summed E-state index contributed by atoms with van der Waals surface area (Å²) in [6.07, 6.45) is -0.0383. The molecule has 1 saturated heterocycles. The maximum atomic E-state index is 12.1. The number of anilines is 1. The second-order valence-corrected chi connectivity index (χ2v) is 7.47. The number of imidazole rings is 1. The third-order valence-electron chi connectivity index (χ3n) is 3.90. The van der Waals surface area contributed by atoms with E-state index < -0.39 is 44.6 Å². The number of rotatable bonds is 5. The molecule has 0 radical (unpaired) electrons. The molecule has 0 amide bonds. The molecule has 0 spiro atoms. The molecule has 0 aliphatic carbocycles. The van der Waals surface area contributed by atoms with Crippen LogP contribution in [0.3, 0.4) is 0 Å². The highest BCUT2D eigenvalue weighted by atomic mass is 31.2. The first-order valence-electron chi connectivity index (χ1n) is 7.55. The molecule has 2 aromatic rings. The van der Waals surface area contributed by atoms with Crippen molar-refractivity contribution in [1.82, 2.24) is 13.9 Å². The molecule has 1 fully saturated rings. The van der Waals surface area contributed by atoms with Crippen molar-refractivity contribution in [2.24, 2.45) is 7.05 Å². The van der Waals surface area contributed by atoms with Crippen LogP contribution in [0.4, 0.5) is 5.82 Å². The lowest BCUT2D eigenvalue weighted by atomic mass is 10.1. The Balaban J connectivity index is 1.72. The SMILES string of the molecule is C[n+]1ccn(P(=O)([O-])OCC2OC(n3ccc(N)nc3=O)C(O)C2O)c1. The summed E-state index contributed by atoms with van der Waals surface area (Å²) < 4.78 is 25.7. The molecule has 2 aromatic heterocycles. The minimum Gasteiger partial charge on any atom is -0.742 e. The van der Waals surface area contributed by atoms with E-state index in [-0.39, 0.29) is 5.82 Å². The summed E-state index contributed by atoms with van der Waals surface area (Å²) in [6, 6.07) is 1.32. The van der Waals surface area contributed by atoms with Crippen LogP contribution in [-0.2, 0) is 20.9 Å². The second kappa shape index (κ2) is 6.91. The molecule has 26 heavy (non-hydrogen) atoms. The summed E-state index contributed by atoms with van der Waals surface area (Å²) >= 11 is 0. The molecule has 0 aromatic carbocycles. The third-order valence-corrected chi connectivity index (χ3v) is 5.18. The number of ether oxygens (including phenoxy) is 1. The molecule has 13 heteroatoms. The van der Waals surface area contributed by atoms with Crippen LogP contribution in [0, 0.1) is 0 Å². The summed E-state index contributed by atoms with van der Waals surface area (Å²) in [7, 11) is -2.82. The predicted octanol–water partition coefficient (Wildman–Crippen LogP) is -2.90. The van der Waals surface area contributed by atoms with Gasteiger partial charge in [0.15, 0.2) is 6.23 Å². The van der Waals surface area contributed by atoms with Gasteiger partial charge in [-0.1, -0.05) is 0 Å². The van der Waals surface area contributed by atoms with Crippen molar-refractivity contribution < 1.29 is 33.5 Å². The van der Waals surface area contributed by atoms with Gasteiger partial charge in [-0.2, -0.15) is 9.32 Å². The highest BCUT2D eigenvalue weighted by Gasteiger charge is 2.44. The lowest BCUT2D eigenvalue weighted by Crippen LogP contribution is -2.36. The standard InChI is InChI=1S/C13H18N5O7P/c1-16-4-5-17(7-16)26(22,23)24-6-8-10(19)11(20)12(25-8)18-3-2-9(14)15-13(18)21/h2-5,7-8,10-12,19-20H,6H2,1H3,(H2-,14,15,21,22,23). The molecule has 142 valence electrons. The maximum Gasteiger partial charge on any atom is 0.351 e. The Hall–Kier alpha value is -2.08. The molecular formula is C13H18N5O7P. The molecule has 5 unspecified atom stereocenters. The van der Waals surface area contributed by atoms with E-state index in [1.54, 1.807) is 7.05 Å². The average Bonchev–Trinajstić information content (AvgIpc) is 3.12. The zero-order valence-electron chi connectivity index (χ0n) is 13.7. The van der Waals surface area contributed by atoms with Gasteiger partial charge in [-0.05, 0) is 6.07 Å². The molecule has 4 N–H and O–H groups in total. The number of nitrogens with zero attached hydrogens (tertiary/aromatic N) is 4. The number of nitrogens with two attached hydrogens (primary N) is 1. The zero-order valence-corrected chi connectivity index (χ0v) is 14.5. The number of aromatic nitrogens is 4. The Morgan fingerprint density at radius 3 is 2.81 bits per heavy atom. The van der Waals surface area contributed by atoms with Gasteiger partial charge in [0.05, 0.1) is 13.7 Å². The summed E-state index contributed by atoms with van der Waals surface area (Å²) in [4.78, 5) is 27.5. The van der Waals surface area contributed by atoms with Gasteiger partial charge in [-0.25, -0.2) is 9.36 Å². The normalized spacial score (nSPS) is 28.2. The molecule has 1 aliphatic heterocycles. The lowest BCUT2D eigenvalue weighted by molar-refractivity contribution is -0.670. The fourth-order valence-electron chi connectivity index (χ4n) is 2.53. The van der Waals surface area contributed by atoms with Crippen molar-refractivity contribution in [2.75, 3.05) is 12.3 Å². The number of nitrogen functional groups attached to an aromatic ring is 1. The van der Waals surface area contributed by atoms with Crippen LogP contribution < -0.4 is 20.9 Å². The van der Waals surface area contributed by atoms with Gasteiger partial charge >= 0.3 is 13.4 Å². The highest BCUT2D eigenvalue weighted by Crippen LogP contribution is 2.39. The van der Waals surface area contributed by atoms with E-state index in [0.29, 0.717) is 0 Å². The number of hydrogen-bond acceptors (Lipinski definition) is 9.